The smallest absolute Gasteiger partial charge is 0.169 e. The van der Waals surface area contributed by atoms with E-state index in [2.05, 4.69) is 33.3 Å². The Morgan fingerprint density at radius 2 is 2.17 bits per heavy atom. The molecule has 1 N–H and O–H groups in total. The molecule has 0 amide bonds. The molecule has 1 unspecified atom stereocenters. The van der Waals surface area contributed by atoms with Gasteiger partial charge in [-0.05, 0) is 32.0 Å². The maximum atomic E-state index is 5.63. The number of nitrogens with one attached hydrogen (secondary N) is 1. The molecule has 0 saturated carbocycles. The van der Waals surface area contributed by atoms with Gasteiger partial charge in [0.15, 0.2) is 5.11 Å². The summed E-state index contributed by atoms with van der Waals surface area (Å²) in [5.41, 5.74) is 2.45. The average molecular weight is 337 g/mol. The Balaban J connectivity index is 1.40. The first-order valence-corrected chi connectivity index (χ1v) is 8.88. The predicted molar refractivity (Wildman–Crippen MR) is 94.4 cm³/mol. The number of aromatic nitrogens is 2. The van der Waals surface area contributed by atoms with Crippen LogP contribution < -0.4 is 5.32 Å². The molecule has 128 valence electrons. The number of hydrogen-bond donors (Lipinski definition) is 1. The molecule has 2 aliphatic rings. The quantitative estimate of drug-likeness (QED) is 0.824. The van der Waals surface area contributed by atoms with Gasteiger partial charge in [0.25, 0.3) is 0 Å². The molecule has 7 heteroatoms. The van der Waals surface area contributed by atoms with E-state index in [1.54, 1.807) is 0 Å². The molecule has 0 radical (unpaired) electrons. The van der Waals surface area contributed by atoms with Crippen molar-refractivity contribution in [2.75, 3.05) is 39.3 Å². The van der Waals surface area contributed by atoms with E-state index < -0.39 is 0 Å². The zero-order valence-electron chi connectivity index (χ0n) is 14.1. The first-order valence-electron chi connectivity index (χ1n) is 8.47. The Kier molecular flexibility index (Phi) is 5.50. The minimum absolute atomic E-state index is 0.336. The van der Waals surface area contributed by atoms with Gasteiger partial charge in [0.05, 0.1) is 11.8 Å². The number of piperazine rings is 1. The highest BCUT2D eigenvalue weighted by molar-refractivity contribution is 7.80. The number of nitrogens with zero attached hydrogens (tertiary/aromatic N) is 4. The summed E-state index contributed by atoms with van der Waals surface area (Å²) >= 11 is 5.53. The van der Waals surface area contributed by atoms with Crippen molar-refractivity contribution in [2.45, 2.75) is 32.4 Å². The molecule has 3 rings (SSSR count). The van der Waals surface area contributed by atoms with Gasteiger partial charge in [-0.3, -0.25) is 9.58 Å². The summed E-state index contributed by atoms with van der Waals surface area (Å²) in [6.45, 7) is 8.83. The second-order valence-electron chi connectivity index (χ2n) is 6.50. The first kappa shape index (κ1) is 16.7. The van der Waals surface area contributed by atoms with Crippen molar-refractivity contribution in [1.82, 2.24) is 24.9 Å². The lowest BCUT2D eigenvalue weighted by molar-refractivity contribution is 0.112. The summed E-state index contributed by atoms with van der Waals surface area (Å²) in [5, 5.41) is 8.66. The molecule has 2 fully saturated rings. The summed E-state index contributed by atoms with van der Waals surface area (Å²) in [7, 11) is 1.98. The van der Waals surface area contributed by atoms with Crippen LogP contribution in [0.25, 0.3) is 0 Å². The highest BCUT2D eigenvalue weighted by Gasteiger charge is 2.21. The molecule has 3 heterocycles. The van der Waals surface area contributed by atoms with Crippen LogP contribution in [0.5, 0.6) is 0 Å². The summed E-state index contributed by atoms with van der Waals surface area (Å²) in [6.07, 6.45) is 4.78. The van der Waals surface area contributed by atoms with Crippen LogP contribution in [0.15, 0.2) is 6.20 Å². The summed E-state index contributed by atoms with van der Waals surface area (Å²) in [6, 6.07) is 0. The Bertz CT molecular complexity index is 533. The Hall–Kier alpha value is -1.18. The van der Waals surface area contributed by atoms with Crippen LogP contribution in [0.1, 0.15) is 24.1 Å². The van der Waals surface area contributed by atoms with Crippen LogP contribution in [0, 0.1) is 6.92 Å². The van der Waals surface area contributed by atoms with E-state index in [1.165, 1.54) is 12.0 Å². The molecule has 2 aliphatic heterocycles. The van der Waals surface area contributed by atoms with Crippen molar-refractivity contribution >= 4 is 17.3 Å². The van der Waals surface area contributed by atoms with Crippen LogP contribution in [0.4, 0.5) is 0 Å². The molecule has 0 bridgehead atoms. The SMILES string of the molecule is Cc1nn(C)cc1CN1CCN(C(=S)NCC2CCCO2)CC1. The van der Waals surface area contributed by atoms with Gasteiger partial charge in [0.2, 0.25) is 0 Å². The van der Waals surface area contributed by atoms with Crippen molar-refractivity contribution in [3.05, 3.63) is 17.5 Å². The number of aryl methyl sites for hydroxylation is 2. The molecule has 0 aliphatic carbocycles. The molecule has 1 atom stereocenters. The van der Waals surface area contributed by atoms with Crippen molar-refractivity contribution < 1.29 is 4.74 Å². The molecule has 0 spiro atoms. The lowest BCUT2D eigenvalue weighted by Gasteiger charge is -2.36. The fourth-order valence-corrected chi connectivity index (χ4v) is 3.54. The van der Waals surface area contributed by atoms with Crippen molar-refractivity contribution in [3.63, 3.8) is 0 Å². The van der Waals surface area contributed by atoms with E-state index in [1.807, 2.05) is 11.7 Å². The summed E-state index contributed by atoms with van der Waals surface area (Å²) in [5.74, 6) is 0. The second kappa shape index (κ2) is 7.59. The molecule has 0 aromatic carbocycles. The number of ether oxygens (including phenoxy) is 1. The van der Waals surface area contributed by atoms with E-state index in [-0.39, 0.29) is 0 Å². The molecule has 23 heavy (non-hydrogen) atoms. The lowest BCUT2D eigenvalue weighted by atomic mass is 10.2. The van der Waals surface area contributed by atoms with Gasteiger partial charge in [-0.15, -0.1) is 0 Å². The van der Waals surface area contributed by atoms with Gasteiger partial charge in [-0.25, -0.2) is 0 Å². The van der Waals surface area contributed by atoms with E-state index in [9.17, 15) is 0 Å². The van der Waals surface area contributed by atoms with Crippen molar-refractivity contribution in [3.8, 4) is 0 Å². The maximum absolute atomic E-state index is 5.63. The third-order valence-electron chi connectivity index (χ3n) is 4.67. The van der Waals surface area contributed by atoms with Crippen LogP contribution in [-0.4, -0.2) is 70.1 Å². The molecule has 1 aromatic rings. The van der Waals surface area contributed by atoms with E-state index in [4.69, 9.17) is 17.0 Å². The topological polar surface area (TPSA) is 45.6 Å². The fourth-order valence-electron chi connectivity index (χ4n) is 3.27. The summed E-state index contributed by atoms with van der Waals surface area (Å²) in [4.78, 5) is 4.75. The molecule has 6 nitrogen and oxygen atoms in total. The van der Waals surface area contributed by atoms with Gasteiger partial charge in [0, 0.05) is 64.7 Å². The fraction of sp³-hybridized carbons (Fsp3) is 0.750. The molecule has 2 saturated heterocycles. The number of hydrogen-bond acceptors (Lipinski definition) is 4. The molecular formula is C16H27N5OS. The monoisotopic (exact) mass is 337 g/mol. The Labute approximate surface area is 143 Å². The normalized spacial score (nSPS) is 22.5. The van der Waals surface area contributed by atoms with Crippen molar-refractivity contribution in [2.24, 2.45) is 7.05 Å². The van der Waals surface area contributed by atoms with Crippen molar-refractivity contribution in [1.29, 1.82) is 0 Å². The summed E-state index contributed by atoms with van der Waals surface area (Å²) < 4.78 is 7.52. The van der Waals surface area contributed by atoms with Crippen LogP contribution in [0.2, 0.25) is 0 Å². The minimum atomic E-state index is 0.336. The van der Waals surface area contributed by atoms with Gasteiger partial charge < -0.3 is 15.0 Å². The molecular weight excluding hydrogens is 310 g/mol. The first-order chi connectivity index (χ1) is 11.1. The van der Waals surface area contributed by atoms with E-state index in [0.29, 0.717) is 6.10 Å². The second-order valence-corrected chi connectivity index (χ2v) is 6.88. The average Bonchev–Trinajstić information content (AvgIpc) is 3.16. The van der Waals surface area contributed by atoms with Crippen LogP contribution in [-0.2, 0) is 18.3 Å². The maximum Gasteiger partial charge on any atom is 0.169 e. The third kappa shape index (κ3) is 4.43. The third-order valence-corrected chi connectivity index (χ3v) is 5.08. The zero-order valence-corrected chi connectivity index (χ0v) is 14.9. The largest absolute Gasteiger partial charge is 0.376 e. The van der Waals surface area contributed by atoms with Gasteiger partial charge >= 0.3 is 0 Å². The highest BCUT2D eigenvalue weighted by atomic mass is 32.1. The van der Waals surface area contributed by atoms with E-state index in [0.717, 1.165) is 63.1 Å². The van der Waals surface area contributed by atoms with Gasteiger partial charge in [-0.2, -0.15) is 5.10 Å². The number of thiocarbonyl (C=S) groups is 1. The van der Waals surface area contributed by atoms with Gasteiger partial charge in [0.1, 0.15) is 0 Å². The standard InChI is InChI=1S/C16H27N5OS/c1-13-14(11-19(2)18-13)12-20-5-7-21(8-6-20)16(23)17-10-15-4-3-9-22-15/h11,15H,3-10,12H2,1-2H3,(H,17,23). The Morgan fingerprint density at radius 1 is 1.39 bits per heavy atom. The lowest BCUT2D eigenvalue weighted by Crippen LogP contribution is -2.52. The minimum Gasteiger partial charge on any atom is -0.376 e. The molecule has 1 aromatic heterocycles. The number of rotatable bonds is 4. The Morgan fingerprint density at radius 3 is 2.78 bits per heavy atom. The van der Waals surface area contributed by atoms with Crippen LogP contribution >= 0.6 is 12.2 Å². The predicted octanol–water partition coefficient (Wildman–Crippen LogP) is 0.900. The van der Waals surface area contributed by atoms with E-state index >= 15 is 0 Å². The van der Waals surface area contributed by atoms with Gasteiger partial charge in [-0.1, -0.05) is 0 Å². The highest BCUT2D eigenvalue weighted by Crippen LogP contribution is 2.13. The zero-order chi connectivity index (χ0) is 16.2. The van der Waals surface area contributed by atoms with Crippen LogP contribution in [0.3, 0.4) is 0 Å².